The summed E-state index contributed by atoms with van der Waals surface area (Å²) in [5.74, 6) is -16.7. The number of aromatic nitrogens is 3. The zero-order chi connectivity index (χ0) is 21.2. The normalized spacial score (nSPS) is 12.9. The van der Waals surface area contributed by atoms with Gasteiger partial charge in [0.2, 0.25) is 11.9 Å². The second-order valence-corrected chi connectivity index (χ2v) is 5.39. The van der Waals surface area contributed by atoms with Crippen LogP contribution in [0.3, 0.4) is 0 Å². The van der Waals surface area contributed by atoms with Gasteiger partial charge in [0.15, 0.2) is 0 Å². The first-order valence-electron chi connectivity index (χ1n) is 7.40. The topological polar surface area (TPSA) is 80.2 Å². The molecule has 0 spiro atoms. The molecule has 1 heterocycles. The van der Waals surface area contributed by atoms with E-state index in [2.05, 4.69) is 20.3 Å². The number of hydrogen-bond acceptors (Lipinski definition) is 6. The molecule has 0 atom stereocenters. The first-order valence-corrected chi connectivity index (χ1v) is 7.40. The largest absolute Gasteiger partial charge is 0.467 e. The lowest BCUT2D eigenvalue weighted by atomic mass is 10.1. The van der Waals surface area contributed by atoms with Crippen LogP contribution in [-0.2, 0) is 4.79 Å². The van der Waals surface area contributed by atoms with Crippen LogP contribution in [0.2, 0.25) is 0 Å². The molecule has 1 amide bonds. The van der Waals surface area contributed by atoms with E-state index in [0.717, 1.165) is 21.0 Å². The first-order chi connectivity index (χ1) is 12.2. The Morgan fingerprint density at radius 3 is 2.07 bits per heavy atom. The smallest absolute Gasteiger partial charge is 0.460 e. The second kappa shape index (κ2) is 7.68. The molecule has 0 radical (unpaired) electrons. The maximum Gasteiger partial charge on any atom is 0.460 e. The highest BCUT2D eigenvalue weighted by Crippen LogP contribution is 2.47. The SMILES string of the molecule is CCNc1nc(OC)nc(N(C(=O)C(F)(F)C(F)(F)C(F)(F)F)C(C)C)n1. The lowest BCUT2D eigenvalue weighted by Gasteiger charge is -2.32. The molecule has 0 saturated heterocycles. The summed E-state index contributed by atoms with van der Waals surface area (Å²) in [7, 11) is 1.09. The number of nitrogens with one attached hydrogen (secondary N) is 1. The second-order valence-electron chi connectivity index (χ2n) is 5.39. The summed E-state index contributed by atoms with van der Waals surface area (Å²) in [6.07, 6.45) is -6.65. The molecule has 0 unspecified atom stereocenters. The number of alkyl halides is 7. The summed E-state index contributed by atoms with van der Waals surface area (Å²) in [6.45, 7) is 4.05. The molecule has 0 aliphatic rings. The number of methoxy groups -OCH3 is 1. The fraction of sp³-hybridized carbons (Fsp3) is 0.692. The summed E-state index contributed by atoms with van der Waals surface area (Å²) in [4.78, 5) is 22.7. The van der Waals surface area contributed by atoms with Gasteiger partial charge in [-0.25, -0.2) is 0 Å². The molecule has 1 aromatic heterocycles. The molecule has 27 heavy (non-hydrogen) atoms. The van der Waals surface area contributed by atoms with Crippen molar-refractivity contribution in [2.45, 2.75) is 44.8 Å². The number of anilines is 2. The average Bonchev–Trinajstić information content (AvgIpc) is 2.53. The van der Waals surface area contributed by atoms with Crippen LogP contribution >= 0.6 is 0 Å². The predicted molar refractivity (Wildman–Crippen MR) is 79.1 cm³/mol. The third-order valence-corrected chi connectivity index (χ3v) is 3.09. The molecule has 0 bridgehead atoms. The van der Waals surface area contributed by atoms with E-state index in [9.17, 15) is 35.5 Å². The number of nitrogens with zero attached hydrogens (tertiary/aromatic N) is 4. The third kappa shape index (κ3) is 4.30. The molecule has 0 aromatic carbocycles. The number of rotatable bonds is 7. The zero-order valence-corrected chi connectivity index (χ0v) is 14.5. The van der Waals surface area contributed by atoms with Gasteiger partial charge in [0, 0.05) is 12.6 Å². The Balaban J connectivity index is 3.49. The van der Waals surface area contributed by atoms with Crippen LogP contribution in [0.5, 0.6) is 6.01 Å². The van der Waals surface area contributed by atoms with Gasteiger partial charge in [-0.05, 0) is 20.8 Å². The molecule has 1 aromatic rings. The summed E-state index contributed by atoms with van der Waals surface area (Å²) < 4.78 is 95.9. The van der Waals surface area contributed by atoms with Gasteiger partial charge >= 0.3 is 29.9 Å². The number of halogens is 7. The number of ether oxygens (including phenoxy) is 1. The van der Waals surface area contributed by atoms with Crippen molar-refractivity contribution in [3.63, 3.8) is 0 Å². The highest BCUT2D eigenvalue weighted by atomic mass is 19.4. The van der Waals surface area contributed by atoms with Crippen molar-refractivity contribution in [2.24, 2.45) is 0 Å². The van der Waals surface area contributed by atoms with E-state index in [1.165, 1.54) is 0 Å². The van der Waals surface area contributed by atoms with Crippen molar-refractivity contribution in [3.05, 3.63) is 0 Å². The third-order valence-electron chi connectivity index (χ3n) is 3.09. The van der Waals surface area contributed by atoms with Crippen molar-refractivity contribution in [1.29, 1.82) is 0 Å². The Bertz CT molecular complexity index is 682. The lowest BCUT2D eigenvalue weighted by Crippen LogP contribution is -2.61. The van der Waals surface area contributed by atoms with Gasteiger partial charge < -0.3 is 10.1 Å². The summed E-state index contributed by atoms with van der Waals surface area (Å²) in [6, 6.07) is -1.77. The molecule has 0 fully saturated rings. The van der Waals surface area contributed by atoms with E-state index in [4.69, 9.17) is 4.74 Å². The Kier molecular flexibility index (Phi) is 6.44. The molecule has 1 rings (SSSR count). The van der Waals surface area contributed by atoms with Crippen molar-refractivity contribution < 1.29 is 40.3 Å². The van der Waals surface area contributed by atoms with Gasteiger partial charge in [-0.15, -0.1) is 0 Å². The van der Waals surface area contributed by atoms with Gasteiger partial charge in [-0.1, -0.05) is 0 Å². The van der Waals surface area contributed by atoms with Crippen LogP contribution in [0.4, 0.5) is 42.6 Å². The summed E-state index contributed by atoms with van der Waals surface area (Å²) in [5, 5.41) is 2.55. The van der Waals surface area contributed by atoms with Gasteiger partial charge in [0.05, 0.1) is 7.11 Å². The summed E-state index contributed by atoms with van der Waals surface area (Å²) >= 11 is 0. The Morgan fingerprint density at radius 2 is 1.67 bits per heavy atom. The van der Waals surface area contributed by atoms with E-state index >= 15 is 0 Å². The van der Waals surface area contributed by atoms with Crippen LogP contribution in [-0.4, -0.2) is 58.6 Å². The minimum absolute atomic E-state index is 0.0787. The molecular formula is C13H16F7N5O2. The van der Waals surface area contributed by atoms with Gasteiger partial charge in [0.1, 0.15) is 0 Å². The molecule has 0 aliphatic carbocycles. The average molecular weight is 407 g/mol. The van der Waals surface area contributed by atoms with Crippen LogP contribution in [0, 0.1) is 0 Å². The van der Waals surface area contributed by atoms with Gasteiger partial charge in [-0.2, -0.15) is 45.7 Å². The Labute approximate surface area is 148 Å². The van der Waals surface area contributed by atoms with Crippen LogP contribution < -0.4 is 15.0 Å². The van der Waals surface area contributed by atoms with E-state index in [-0.39, 0.29) is 17.4 Å². The minimum Gasteiger partial charge on any atom is -0.467 e. The molecule has 0 saturated carbocycles. The van der Waals surface area contributed by atoms with Crippen molar-refractivity contribution in [1.82, 2.24) is 15.0 Å². The molecule has 7 nitrogen and oxygen atoms in total. The van der Waals surface area contributed by atoms with Gasteiger partial charge in [-0.3, -0.25) is 9.69 Å². The standard InChI is InChI=1S/C13H16F7N5O2/c1-5-21-8-22-9(24-10(23-8)27-4)25(6(2)3)7(26)11(14,15)12(16,17)13(18,19)20/h6H,5H2,1-4H3,(H,21,22,23,24). The highest BCUT2D eigenvalue weighted by Gasteiger charge is 2.77. The number of carbonyl (C=O) groups excluding carboxylic acids is 1. The molecule has 154 valence electrons. The maximum absolute atomic E-state index is 13.8. The van der Waals surface area contributed by atoms with E-state index in [1.807, 2.05) is 0 Å². The van der Waals surface area contributed by atoms with Crippen molar-refractivity contribution in [2.75, 3.05) is 23.9 Å². The van der Waals surface area contributed by atoms with Crippen molar-refractivity contribution >= 4 is 17.8 Å². The van der Waals surface area contributed by atoms with E-state index < -0.39 is 41.9 Å². The van der Waals surface area contributed by atoms with Crippen LogP contribution in [0.1, 0.15) is 20.8 Å². The predicted octanol–water partition coefficient (Wildman–Crippen LogP) is 2.89. The van der Waals surface area contributed by atoms with Crippen LogP contribution in [0.25, 0.3) is 0 Å². The Morgan fingerprint density at radius 1 is 1.11 bits per heavy atom. The maximum atomic E-state index is 13.8. The fourth-order valence-electron chi connectivity index (χ4n) is 1.80. The fourth-order valence-corrected chi connectivity index (χ4v) is 1.80. The van der Waals surface area contributed by atoms with Crippen molar-refractivity contribution in [3.8, 4) is 6.01 Å². The molecule has 14 heteroatoms. The monoisotopic (exact) mass is 407 g/mol. The summed E-state index contributed by atoms with van der Waals surface area (Å²) in [5.41, 5.74) is 0. The number of carbonyl (C=O) groups is 1. The highest BCUT2D eigenvalue weighted by molar-refractivity contribution is 5.98. The molecule has 0 aliphatic heterocycles. The molecular weight excluding hydrogens is 391 g/mol. The number of hydrogen-bond donors (Lipinski definition) is 1. The lowest BCUT2D eigenvalue weighted by molar-refractivity contribution is -0.343. The van der Waals surface area contributed by atoms with Gasteiger partial charge in [0.25, 0.3) is 0 Å². The number of amides is 1. The van der Waals surface area contributed by atoms with E-state index in [1.54, 1.807) is 6.92 Å². The Hall–Kier alpha value is -2.41. The zero-order valence-electron chi connectivity index (χ0n) is 14.5. The quantitative estimate of drug-likeness (QED) is 0.701. The minimum atomic E-state index is -6.65. The van der Waals surface area contributed by atoms with Crippen LogP contribution in [0.15, 0.2) is 0 Å². The first kappa shape index (κ1) is 22.6. The van der Waals surface area contributed by atoms with E-state index in [0.29, 0.717) is 0 Å². The molecule has 1 N–H and O–H groups in total.